The summed E-state index contributed by atoms with van der Waals surface area (Å²) in [6, 6.07) is 8.86. The maximum atomic E-state index is 14.2. The molecule has 198 valence electrons. The first kappa shape index (κ1) is 26.8. The molecule has 4 rings (SSSR count). The zero-order chi connectivity index (χ0) is 26.5. The first-order valence-electron chi connectivity index (χ1n) is 13.1. The molecule has 1 amide bonds. The highest BCUT2D eigenvalue weighted by Gasteiger charge is 2.20. The van der Waals surface area contributed by atoms with Crippen LogP contribution in [0.2, 0.25) is 0 Å². The van der Waals surface area contributed by atoms with Crippen LogP contribution < -0.4 is 9.80 Å². The average Bonchev–Trinajstić information content (AvgIpc) is 2.90. The number of nitrogens with zero attached hydrogens (tertiary/aromatic N) is 5. The van der Waals surface area contributed by atoms with Crippen molar-refractivity contribution in [3.63, 3.8) is 0 Å². The Hall–Kier alpha value is -3.26. The van der Waals surface area contributed by atoms with E-state index in [2.05, 4.69) is 18.7 Å². The Labute approximate surface area is 219 Å². The summed E-state index contributed by atoms with van der Waals surface area (Å²) < 4.78 is 19.7. The van der Waals surface area contributed by atoms with Crippen LogP contribution in [-0.4, -0.2) is 67.7 Å². The molecule has 2 aromatic carbocycles. The molecular weight excluding hydrogens is 469 g/mol. The highest BCUT2D eigenvalue weighted by Crippen LogP contribution is 2.30. The number of anilines is 2. The summed E-state index contributed by atoms with van der Waals surface area (Å²) in [6.07, 6.45) is 3.81. The number of amides is 1. The van der Waals surface area contributed by atoms with Crippen LogP contribution in [0.1, 0.15) is 48.2 Å². The predicted molar refractivity (Wildman–Crippen MR) is 147 cm³/mol. The summed E-state index contributed by atoms with van der Waals surface area (Å²) in [4.78, 5) is 29.1. The zero-order valence-corrected chi connectivity index (χ0v) is 22.6. The van der Waals surface area contributed by atoms with Crippen molar-refractivity contribution < 1.29 is 13.9 Å². The first-order chi connectivity index (χ1) is 17.7. The van der Waals surface area contributed by atoms with Gasteiger partial charge in [-0.05, 0) is 55.0 Å². The van der Waals surface area contributed by atoms with Crippen molar-refractivity contribution in [3.05, 3.63) is 59.0 Å². The molecule has 0 N–H and O–H groups in total. The van der Waals surface area contributed by atoms with Gasteiger partial charge in [-0.2, -0.15) is 0 Å². The van der Waals surface area contributed by atoms with Crippen LogP contribution in [0, 0.1) is 18.7 Å². The van der Waals surface area contributed by atoms with E-state index in [4.69, 9.17) is 14.7 Å². The highest BCUT2D eigenvalue weighted by molar-refractivity contribution is 6.01. The summed E-state index contributed by atoms with van der Waals surface area (Å²) in [6.45, 7) is 10.2. The van der Waals surface area contributed by atoms with Crippen molar-refractivity contribution in [2.24, 2.45) is 5.92 Å². The van der Waals surface area contributed by atoms with Crippen molar-refractivity contribution in [1.29, 1.82) is 0 Å². The topological polar surface area (TPSA) is 61.8 Å². The normalized spacial score (nSPS) is 13.9. The smallest absolute Gasteiger partial charge is 0.253 e. The standard InChI is InChI=1S/C29H38FN5O2/c1-20(2)8-7-11-33(4)29(36)23-16-25-28(32-27(18-31-25)35-12-14-37-15-13-35)26(17-23)34(5)19-22-9-6-10-24(30)21(22)3/h6,9-10,16-18,20H,7-8,11-15,19H2,1-5H3. The van der Waals surface area contributed by atoms with Crippen LogP contribution >= 0.6 is 0 Å². The maximum absolute atomic E-state index is 14.2. The molecule has 1 saturated heterocycles. The lowest BCUT2D eigenvalue weighted by Gasteiger charge is -2.28. The lowest BCUT2D eigenvalue weighted by atomic mass is 10.1. The third kappa shape index (κ3) is 6.36. The van der Waals surface area contributed by atoms with E-state index >= 15 is 0 Å². The SMILES string of the molecule is Cc1c(F)cccc1CN(C)c1cc(C(=O)N(C)CCCC(C)C)cc2ncc(N3CCOCC3)nc12. The Morgan fingerprint density at radius 3 is 2.68 bits per heavy atom. The van der Waals surface area contributed by atoms with Crippen LogP contribution in [0.4, 0.5) is 15.9 Å². The van der Waals surface area contributed by atoms with Crippen LogP contribution in [0.25, 0.3) is 11.0 Å². The number of fused-ring (bicyclic) bond motifs is 1. The van der Waals surface area contributed by atoms with Crippen molar-refractivity contribution in [2.45, 2.75) is 40.2 Å². The van der Waals surface area contributed by atoms with Gasteiger partial charge in [0.25, 0.3) is 5.91 Å². The van der Waals surface area contributed by atoms with Gasteiger partial charge < -0.3 is 19.4 Å². The first-order valence-corrected chi connectivity index (χ1v) is 13.1. The highest BCUT2D eigenvalue weighted by atomic mass is 19.1. The molecule has 0 saturated carbocycles. The summed E-state index contributed by atoms with van der Waals surface area (Å²) >= 11 is 0. The van der Waals surface area contributed by atoms with Gasteiger partial charge in [0.05, 0.1) is 30.6 Å². The molecule has 1 fully saturated rings. The molecule has 7 nitrogen and oxygen atoms in total. The number of ether oxygens (including phenoxy) is 1. The summed E-state index contributed by atoms with van der Waals surface area (Å²) in [7, 11) is 3.79. The minimum atomic E-state index is -0.225. The number of hydrogen-bond acceptors (Lipinski definition) is 6. The molecule has 0 spiro atoms. The average molecular weight is 508 g/mol. The van der Waals surface area contributed by atoms with E-state index in [-0.39, 0.29) is 11.7 Å². The second-order valence-electron chi connectivity index (χ2n) is 10.3. The number of hydrogen-bond donors (Lipinski definition) is 0. The quantitative estimate of drug-likeness (QED) is 0.404. The second kappa shape index (κ2) is 11.9. The van der Waals surface area contributed by atoms with E-state index in [9.17, 15) is 9.18 Å². The summed E-state index contributed by atoms with van der Waals surface area (Å²) in [5.41, 5.74) is 4.26. The third-order valence-electron chi connectivity index (χ3n) is 7.02. The predicted octanol–water partition coefficient (Wildman–Crippen LogP) is 5.06. The van der Waals surface area contributed by atoms with Crippen LogP contribution in [0.3, 0.4) is 0 Å². The van der Waals surface area contributed by atoms with Gasteiger partial charge in [-0.25, -0.2) is 9.37 Å². The van der Waals surface area contributed by atoms with E-state index in [0.717, 1.165) is 48.5 Å². The third-order valence-corrected chi connectivity index (χ3v) is 7.02. The van der Waals surface area contributed by atoms with Crippen LogP contribution in [-0.2, 0) is 11.3 Å². The summed E-state index contributed by atoms with van der Waals surface area (Å²) in [5, 5.41) is 0. The van der Waals surface area contributed by atoms with E-state index < -0.39 is 0 Å². The Bertz CT molecular complexity index is 1240. The van der Waals surface area contributed by atoms with Crippen molar-refractivity contribution in [2.75, 3.05) is 56.7 Å². The fourth-order valence-electron chi connectivity index (χ4n) is 4.67. The van der Waals surface area contributed by atoms with Gasteiger partial charge in [-0.1, -0.05) is 26.0 Å². The molecule has 0 radical (unpaired) electrons. The zero-order valence-electron chi connectivity index (χ0n) is 22.6. The van der Waals surface area contributed by atoms with Crippen LogP contribution in [0.5, 0.6) is 0 Å². The minimum absolute atomic E-state index is 0.0405. The number of morpholine rings is 1. The second-order valence-corrected chi connectivity index (χ2v) is 10.3. The van der Waals surface area contributed by atoms with Gasteiger partial charge in [-0.3, -0.25) is 9.78 Å². The fourth-order valence-corrected chi connectivity index (χ4v) is 4.67. The van der Waals surface area contributed by atoms with Gasteiger partial charge in [0, 0.05) is 45.8 Å². The Morgan fingerprint density at radius 2 is 1.95 bits per heavy atom. The molecule has 0 aliphatic carbocycles. The number of halogens is 1. The van der Waals surface area contributed by atoms with Gasteiger partial charge >= 0.3 is 0 Å². The van der Waals surface area contributed by atoms with Crippen molar-refractivity contribution in [1.82, 2.24) is 14.9 Å². The molecule has 37 heavy (non-hydrogen) atoms. The van der Waals surface area contributed by atoms with Crippen molar-refractivity contribution >= 4 is 28.4 Å². The Morgan fingerprint density at radius 1 is 1.19 bits per heavy atom. The summed E-state index contributed by atoms with van der Waals surface area (Å²) in [5.74, 6) is 1.13. The van der Waals surface area contributed by atoms with E-state index in [1.165, 1.54) is 6.07 Å². The molecule has 1 aromatic heterocycles. The lowest BCUT2D eigenvalue weighted by Crippen LogP contribution is -2.36. The number of carbonyl (C=O) groups is 1. The maximum Gasteiger partial charge on any atom is 0.253 e. The number of benzene rings is 2. The van der Waals surface area contributed by atoms with Gasteiger partial charge in [0.15, 0.2) is 0 Å². The number of aromatic nitrogens is 2. The minimum Gasteiger partial charge on any atom is -0.378 e. The van der Waals surface area contributed by atoms with Gasteiger partial charge in [0.1, 0.15) is 17.2 Å². The Balaban J connectivity index is 1.71. The van der Waals surface area contributed by atoms with E-state index in [1.807, 2.05) is 37.2 Å². The van der Waals surface area contributed by atoms with Gasteiger partial charge in [0.2, 0.25) is 0 Å². The monoisotopic (exact) mass is 507 g/mol. The van der Waals surface area contributed by atoms with Gasteiger partial charge in [-0.15, -0.1) is 0 Å². The fraction of sp³-hybridized carbons (Fsp3) is 0.483. The molecule has 8 heteroatoms. The lowest BCUT2D eigenvalue weighted by molar-refractivity contribution is 0.0791. The molecule has 0 atom stereocenters. The largest absolute Gasteiger partial charge is 0.378 e. The molecule has 1 aliphatic heterocycles. The molecule has 3 aromatic rings. The molecule has 2 heterocycles. The van der Waals surface area contributed by atoms with E-state index in [0.29, 0.717) is 48.9 Å². The molecular formula is C29H38FN5O2. The van der Waals surface area contributed by atoms with Crippen LogP contribution in [0.15, 0.2) is 36.5 Å². The number of rotatable bonds is 9. The molecule has 1 aliphatic rings. The number of carbonyl (C=O) groups excluding carboxylic acids is 1. The van der Waals surface area contributed by atoms with Crippen molar-refractivity contribution in [3.8, 4) is 0 Å². The Kier molecular flexibility index (Phi) is 8.59. The molecule has 0 unspecified atom stereocenters. The molecule has 0 bridgehead atoms. The van der Waals surface area contributed by atoms with E-state index in [1.54, 1.807) is 24.1 Å².